The van der Waals surface area contributed by atoms with Gasteiger partial charge in [0, 0.05) is 16.7 Å². The maximum absolute atomic E-state index is 12.3. The molecule has 0 aliphatic carbocycles. The minimum atomic E-state index is -0.174. The van der Waals surface area contributed by atoms with Gasteiger partial charge in [-0.25, -0.2) is 0 Å². The first-order chi connectivity index (χ1) is 12.6. The van der Waals surface area contributed by atoms with E-state index in [1.807, 2.05) is 24.3 Å². The number of halogens is 1. The molecule has 0 atom stereocenters. The fraction of sp³-hybridized carbons (Fsp3) is 0.211. The molecule has 0 radical (unpaired) electrons. The lowest BCUT2D eigenvalue weighted by Gasteiger charge is -2.28. The highest BCUT2D eigenvalue weighted by molar-refractivity contribution is 6.30. The lowest BCUT2D eigenvalue weighted by molar-refractivity contribution is -0.121. The minimum absolute atomic E-state index is 0.0488. The van der Waals surface area contributed by atoms with E-state index >= 15 is 0 Å². The summed E-state index contributed by atoms with van der Waals surface area (Å²) in [6.45, 7) is 2.23. The van der Waals surface area contributed by atoms with Gasteiger partial charge in [0.15, 0.2) is 6.61 Å². The van der Waals surface area contributed by atoms with Gasteiger partial charge in [0.05, 0.1) is 5.69 Å². The molecular formula is C19H16ClN3O3. The van der Waals surface area contributed by atoms with Gasteiger partial charge in [-0.15, -0.1) is 0 Å². The lowest BCUT2D eigenvalue weighted by Crippen LogP contribution is -2.38. The number of aryl methyl sites for hydroxylation is 1. The summed E-state index contributed by atoms with van der Waals surface area (Å²) in [5, 5.41) is 4.58. The van der Waals surface area contributed by atoms with Crippen LogP contribution in [0.1, 0.15) is 18.4 Å². The summed E-state index contributed by atoms with van der Waals surface area (Å²) in [7, 11) is 0. The third-order valence-corrected chi connectivity index (χ3v) is 4.48. The number of anilines is 1. The number of aromatic nitrogens is 2. The number of nitrogens with zero attached hydrogens (tertiary/aromatic N) is 3. The minimum Gasteiger partial charge on any atom is -0.482 e. The first-order valence-electron chi connectivity index (χ1n) is 8.28. The van der Waals surface area contributed by atoms with Crippen molar-refractivity contribution in [3.05, 3.63) is 58.9 Å². The number of carbonyl (C=O) groups is 1. The molecule has 0 N–H and O–H groups in total. The molecule has 0 unspecified atom stereocenters. The Balaban J connectivity index is 1.58. The van der Waals surface area contributed by atoms with E-state index in [0.29, 0.717) is 28.2 Å². The molecule has 1 aliphatic rings. The number of rotatable bonds is 4. The Morgan fingerprint density at radius 2 is 2.00 bits per heavy atom. The van der Waals surface area contributed by atoms with Crippen LogP contribution in [0.25, 0.3) is 11.4 Å². The van der Waals surface area contributed by atoms with Crippen molar-refractivity contribution in [3.63, 3.8) is 0 Å². The van der Waals surface area contributed by atoms with Gasteiger partial charge in [-0.3, -0.25) is 9.69 Å². The summed E-state index contributed by atoms with van der Waals surface area (Å²) in [5.74, 6) is 1.24. The number of benzene rings is 2. The van der Waals surface area contributed by atoms with Crippen LogP contribution in [-0.4, -0.2) is 22.7 Å². The fourth-order valence-corrected chi connectivity index (χ4v) is 2.97. The molecule has 2 heterocycles. The highest BCUT2D eigenvalue weighted by Gasteiger charge is 2.27. The highest BCUT2D eigenvalue weighted by Crippen LogP contribution is 2.35. The molecule has 3 aromatic rings. The first kappa shape index (κ1) is 16.6. The lowest BCUT2D eigenvalue weighted by atomic mass is 10.1. The molecule has 0 bridgehead atoms. The van der Waals surface area contributed by atoms with Crippen molar-refractivity contribution < 1.29 is 14.1 Å². The van der Waals surface area contributed by atoms with Crippen LogP contribution in [0.5, 0.6) is 5.75 Å². The van der Waals surface area contributed by atoms with Crippen molar-refractivity contribution in [2.45, 2.75) is 19.9 Å². The third kappa shape index (κ3) is 3.15. The monoisotopic (exact) mass is 369 g/mol. The number of carbonyl (C=O) groups excluding carboxylic acids is 1. The van der Waals surface area contributed by atoms with Crippen LogP contribution in [0.2, 0.25) is 5.02 Å². The molecule has 1 aromatic heterocycles. The molecular weight excluding hydrogens is 354 g/mol. The Hall–Kier alpha value is -2.86. The fourth-order valence-electron chi connectivity index (χ4n) is 2.81. The van der Waals surface area contributed by atoms with Crippen molar-refractivity contribution in [1.82, 2.24) is 10.1 Å². The van der Waals surface area contributed by atoms with Crippen LogP contribution in [0, 0.1) is 0 Å². The molecule has 0 saturated heterocycles. The number of amides is 1. The van der Waals surface area contributed by atoms with E-state index in [1.54, 1.807) is 23.1 Å². The van der Waals surface area contributed by atoms with Gasteiger partial charge >= 0.3 is 0 Å². The normalized spacial score (nSPS) is 13.5. The summed E-state index contributed by atoms with van der Waals surface area (Å²) in [4.78, 5) is 18.3. The van der Waals surface area contributed by atoms with E-state index in [-0.39, 0.29) is 19.1 Å². The van der Waals surface area contributed by atoms with Gasteiger partial charge in [0.2, 0.25) is 11.7 Å². The smallest absolute Gasteiger partial charge is 0.265 e. The van der Waals surface area contributed by atoms with E-state index in [9.17, 15) is 4.79 Å². The van der Waals surface area contributed by atoms with Crippen LogP contribution >= 0.6 is 11.6 Å². The van der Waals surface area contributed by atoms with Gasteiger partial charge in [0.25, 0.3) is 5.91 Å². The molecule has 2 aromatic carbocycles. The van der Waals surface area contributed by atoms with Crippen molar-refractivity contribution in [2.75, 3.05) is 11.5 Å². The van der Waals surface area contributed by atoms with Gasteiger partial charge in [-0.05, 0) is 24.1 Å². The zero-order valence-corrected chi connectivity index (χ0v) is 14.9. The molecule has 0 saturated carbocycles. The predicted octanol–water partition coefficient (Wildman–Crippen LogP) is 3.88. The van der Waals surface area contributed by atoms with E-state index < -0.39 is 0 Å². The quantitative estimate of drug-likeness (QED) is 0.698. The first-order valence-corrected chi connectivity index (χ1v) is 8.66. The van der Waals surface area contributed by atoms with E-state index in [1.165, 1.54) is 5.56 Å². The van der Waals surface area contributed by atoms with Gasteiger partial charge < -0.3 is 9.26 Å². The van der Waals surface area contributed by atoms with Crippen LogP contribution < -0.4 is 9.64 Å². The Morgan fingerprint density at radius 1 is 1.19 bits per heavy atom. The Morgan fingerprint density at radius 3 is 2.77 bits per heavy atom. The number of fused-ring (bicyclic) bond motifs is 1. The van der Waals surface area contributed by atoms with Gasteiger partial charge in [-0.2, -0.15) is 4.98 Å². The van der Waals surface area contributed by atoms with Crippen molar-refractivity contribution >= 4 is 23.2 Å². The molecule has 1 amide bonds. The highest BCUT2D eigenvalue weighted by atomic mass is 35.5. The molecule has 6 nitrogen and oxygen atoms in total. The third-order valence-electron chi connectivity index (χ3n) is 4.25. The van der Waals surface area contributed by atoms with Crippen LogP contribution in [0.15, 0.2) is 47.0 Å². The largest absolute Gasteiger partial charge is 0.482 e. The van der Waals surface area contributed by atoms with Crippen LogP contribution in [0.4, 0.5) is 5.69 Å². The number of hydrogen-bond donors (Lipinski definition) is 0. The standard InChI is InChI=1S/C19H16ClN3O3/c1-2-12-3-5-13(6-4-12)19-21-17(26-22-19)10-23-15-8-7-14(20)9-16(15)25-11-18(23)24/h3-9H,2,10-11H2,1H3. The topological polar surface area (TPSA) is 68.5 Å². The second kappa shape index (κ2) is 6.80. The molecule has 0 spiro atoms. The zero-order valence-electron chi connectivity index (χ0n) is 14.1. The average molecular weight is 370 g/mol. The van der Waals surface area contributed by atoms with Crippen molar-refractivity contribution in [2.24, 2.45) is 0 Å². The summed E-state index contributed by atoms with van der Waals surface area (Å²) >= 11 is 5.99. The number of hydrogen-bond acceptors (Lipinski definition) is 5. The summed E-state index contributed by atoms with van der Waals surface area (Å²) < 4.78 is 10.8. The molecule has 132 valence electrons. The Kier molecular flexibility index (Phi) is 4.34. The molecule has 0 fully saturated rings. The number of ether oxygens (including phenoxy) is 1. The van der Waals surface area contributed by atoms with Crippen molar-refractivity contribution in [1.29, 1.82) is 0 Å². The molecule has 1 aliphatic heterocycles. The molecule has 4 rings (SSSR count). The van der Waals surface area contributed by atoms with Gasteiger partial charge in [-0.1, -0.05) is 47.9 Å². The summed E-state index contributed by atoms with van der Waals surface area (Å²) in [6, 6.07) is 13.1. The van der Waals surface area contributed by atoms with E-state index in [4.69, 9.17) is 20.9 Å². The predicted molar refractivity (Wildman–Crippen MR) is 97.2 cm³/mol. The SMILES string of the molecule is CCc1ccc(-c2noc(CN3C(=O)COc4cc(Cl)ccc43)n2)cc1. The Bertz CT molecular complexity index is 953. The average Bonchev–Trinajstić information content (AvgIpc) is 3.13. The van der Waals surface area contributed by atoms with E-state index in [2.05, 4.69) is 17.1 Å². The Labute approximate surface area is 155 Å². The van der Waals surface area contributed by atoms with Gasteiger partial charge in [0.1, 0.15) is 12.3 Å². The molecule has 7 heteroatoms. The maximum atomic E-state index is 12.3. The summed E-state index contributed by atoms with van der Waals surface area (Å²) in [6.07, 6.45) is 0.973. The molecule has 26 heavy (non-hydrogen) atoms. The van der Waals surface area contributed by atoms with Crippen LogP contribution in [-0.2, 0) is 17.8 Å². The maximum Gasteiger partial charge on any atom is 0.265 e. The summed E-state index contributed by atoms with van der Waals surface area (Å²) in [5.41, 5.74) is 2.75. The second-order valence-electron chi connectivity index (χ2n) is 5.94. The zero-order chi connectivity index (χ0) is 18.1. The van der Waals surface area contributed by atoms with Crippen LogP contribution in [0.3, 0.4) is 0 Å². The second-order valence-corrected chi connectivity index (χ2v) is 6.38. The van der Waals surface area contributed by atoms with Crippen molar-refractivity contribution in [3.8, 4) is 17.1 Å². The van der Waals surface area contributed by atoms with E-state index in [0.717, 1.165) is 12.0 Å².